The average molecular weight is 445 g/mol. The second-order valence-electron chi connectivity index (χ2n) is 5.39. The van der Waals surface area contributed by atoms with Crippen molar-refractivity contribution in [2.45, 2.75) is 20.3 Å². The maximum atomic E-state index is 11.8. The SMILES string of the molecule is CC(C)C1=CC(Oc2c(Br)cc(CC(=O)O)cc2Br)=NCC1=O. The van der Waals surface area contributed by atoms with E-state index in [9.17, 15) is 9.59 Å². The summed E-state index contributed by atoms with van der Waals surface area (Å²) in [6.07, 6.45) is 1.57. The first-order chi connectivity index (χ1) is 10.8. The van der Waals surface area contributed by atoms with Crippen LogP contribution >= 0.6 is 31.9 Å². The molecule has 0 fully saturated rings. The third-order valence-electron chi connectivity index (χ3n) is 3.22. The van der Waals surface area contributed by atoms with E-state index in [-0.39, 0.29) is 24.7 Å². The van der Waals surface area contributed by atoms with Crippen LogP contribution in [0.25, 0.3) is 0 Å². The van der Waals surface area contributed by atoms with Crippen molar-refractivity contribution < 1.29 is 19.4 Å². The summed E-state index contributed by atoms with van der Waals surface area (Å²) in [5.41, 5.74) is 1.33. The lowest BCUT2D eigenvalue weighted by Crippen LogP contribution is -2.22. The van der Waals surface area contributed by atoms with Crippen molar-refractivity contribution in [2.75, 3.05) is 6.54 Å². The Hall–Kier alpha value is -1.47. The Bertz CT molecular complexity index is 700. The number of nitrogens with zero attached hydrogens (tertiary/aromatic N) is 1. The maximum Gasteiger partial charge on any atom is 0.307 e. The molecule has 0 aromatic heterocycles. The molecule has 0 saturated heterocycles. The molecule has 0 amide bonds. The van der Waals surface area contributed by atoms with Crippen molar-refractivity contribution in [3.05, 3.63) is 38.3 Å². The summed E-state index contributed by atoms with van der Waals surface area (Å²) < 4.78 is 7.01. The summed E-state index contributed by atoms with van der Waals surface area (Å²) in [6.45, 7) is 3.96. The molecule has 5 nitrogen and oxygen atoms in total. The highest BCUT2D eigenvalue weighted by atomic mass is 79.9. The third kappa shape index (κ3) is 4.51. The maximum absolute atomic E-state index is 11.8. The first-order valence-electron chi connectivity index (χ1n) is 6.94. The van der Waals surface area contributed by atoms with E-state index in [0.717, 1.165) is 0 Å². The predicted octanol–water partition coefficient (Wildman–Crippen LogP) is 3.78. The van der Waals surface area contributed by atoms with E-state index in [4.69, 9.17) is 9.84 Å². The molecule has 0 unspecified atom stereocenters. The molecular formula is C16H15Br2NO4. The third-order valence-corrected chi connectivity index (χ3v) is 4.40. The largest absolute Gasteiger partial charge is 0.481 e. The number of aliphatic imine (C=N–C) groups is 1. The van der Waals surface area contributed by atoms with Gasteiger partial charge in [0.25, 0.3) is 0 Å². The van der Waals surface area contributed by atoms with Crippen LogP contribution in [0.1, 0.15) is 19.4 Å². The van der Waals surface area contributed by atoms with Crippen LogP contribution in [-0.4, -0.2) is 29.3 Å². The van der Waals surface area contributed by atoms with E-state index in [1.54, 1.807) is 18.2 Å². The van der Waals surface area contributed by atoms with Crippen molar-refractivity contribution in [3.8, 4) is 5.75 Å². The number of ketones is 1. The Kier molecular flexibility index (Phi) is 5.75. The fourth-order valence-corrected chi connectivity index (χ4v) is 3.58. The molecule has 23 heavy (non-hydrogen) atoms. The minimum absolute atomic E-state index is 0.00212. The van der Waals surface area contributed by atoms with Crippen LogP contribution in [-0.2, 0) is 16.0 Å². The molecule has 1 heterocycles. The number of hydrogen-bond donors (Lipinski definition) is 1. The summed E-state index contributed by atoms with van der Waals surface area (Å²) >= 11 is 6.76. The number of benzene rings is 1. The van der Waals surface area contributed by atoms with Crippen molar-refractivity contribution in [2.24, 2.45) is 10.9 Å². The monoisotopic (exact) mass is 443 g/mol. The van der Waals surface area contributed by atoms with Gasteiger partial charge in [-0.15, -0.1) is 0 Å². The Balaban J connectivity index is 2.27. The molecule has 0 saturated carbocycles. The van der Waals surface area contributed by atoms with Crippen molar-refractivity contribution in [1.29, 1.82) is 0 Å². The van der Waals surface area contributed by atoms with E-state index in [1.165, 1.54) is 0 Å². The highest BCUT2D eigenvalue weighted by Crippen LogP contribution is 2.35. The lowest BCUT2D eigenvalue weighted by molar-refractivity contribution is -0.136. The first-order valence-corrected chi connectivity index (χ1v) is 8.53. The van der Waals surface area contributed by atoms with Crippen molar-refractivity contribution in [1.82, 2.24) is 0 Å². The van der Waals surface area contributed by atoms with Gasteiger partial charge in [0.05, 0.1) is 15.4 Å². The number of carbonyl (C=O) groups is 2. The summed E-state index contributed by atoms with van der Waals surface area (Å²) in [4.78, 5) is 26.7. The van der Waals surface area contributed by atoms with Gasteiger partial charge in [0.15, 0.2) is 11.5 Å². The minimum Gasteiger partial charge on any atom is -0.481 e. The number of carboxylic acid groups (broad SMARTS) is 1. The fraction of sp³-hybridized carbons (Fsp3) is 0.312. The smallest absolute Gasteiger partial charge is 0.307 e. The van der Waals surface area contributed by atoms with E-state index in [2.05, 4.69) is 36.9 Å². The van der Waals surface area contributed by atoms with Crippen LogP contribution in [0.15, 0.2) is 37.7 Å². The van der Waals surface area contributed by atoms with E-state index < -0.39 is 5.97 Å². The second-order valence-corrected chi connectivity index (χ2v) is 7.10. The Labute approximate surface area is 150 Å². The number of aliphatic carboxylic acids is 1. The molecule has 1 aromatic rings. The zero-order chi connectivity index (χ0) is 17.1. The summed E-state index contributed by atoms with van der Waals surface area (Å²) in [6, 6.07) is 3.38. The number of ether oxygens (including phenoxy) is 1. The molecule has 1 aliphatic heterocycles. The predicted molar refractivity (Wildman–Crippen MR) is 94.0 cm³/mol. The number of carboxylic acids is 1. The molecule has 1 N–H and O–H groups in total. The summed E-state index contributed by atoms with van der Waals surface area (Å²) in [7, 11) is 0. The van der Waals surface area contributed by atoms with E-state index in [1.807, 2.05) is 13.8 Å². The lowest BCUT2D eigenvalue weighted by Gasteiger charge is -2.17. The molecule has 2 rings (SSSR count). The number of Topliss-reactive ketones (excluding diaryl/α,β-unsaturated/α-hetero) is 1. The quantitative estimate of drug-likeness (QED) is 0.766. The van der Waals surface area contributed by atoms with Crippen LogP contribution in [0.4, 0.5) is 0 Å². The van der Waals surface area contributed by atoms with Crippen molar-refractivity contribution in [3.63, 3.8) is 0 Å². The highest BCUT2D eigenvalue weighted by Gasteiger charge is 2.20. The van der Waals surface area contributed by atoms with Crippen LogP contribution in [0.3, 0.4) is 0 Å². The topological polar surface area (TPSA) is 76.0 Å². The molecule has 0 radical (unpaired) electrons. The zero-order valence-electron chi connectivity index (χ0n) is 12.6. The fourth-order valence-electron chi connectivity index (χ4n) is 2.14. The van der Waals surface area contributed by atoms with Gasteiger partial charge in [-0.1, -0.05) is 13.8 Å². The molecule has 122 valence electrons. The van der Waals surface area contributed by atoms with Gasteiger partial charge in [0.2, 0.25) is 5.90 Å². The molecule has 0 spiro atoms. The molecule has 1 aromatic carbocycles. The number of halogens is 2. The number of rotatable bonds is 4. The Morgan fingerprint density at radius 1 is 1.35 bits per heavy atom. The normalized spacial score (nSPS) is 14.6. The first kappa shape index (κ1) is 17.9. The molecule has 0 aliphatic carbocycles. The van der Waals surface area contributed by atoms with Gasteiger partial charge in [-0.3, -0.25) is 9.59 Å². The number of carbonyl (C=O) groups excluding carboxylic acids is 1. The van der Waals surface area contributed by atoms with Crippen LogP contribution in [0.2, 0.25) is 0 Å². The van der Waals surface area contributed by atoms with E-state index in [0.29, 0.717) is 31.7 Å². The number of hydrogen-bond acceptors (Lipinski definition) is 4. The van der Waals surface area contributed by atoms with Crippen LogP contribution in [0, 0.1) is 5.92 Å². The molecule has 7 heteroatoms. The van der Waals surface area contributed by atoms with Gasteiger partial charge >= 0.3 is 5.97 Å². The Morgan fingerprint density at radius 3 is 2.48 bits per heavy atom. The zero-order valence-corrected chi connectivity index (χ0v) is 15.8. The van der Waals surface area contributed by atoms with Gasteiger partial charge < -0.3 is 9.84 Å². The summed E-state index contributed by atoms with van der Waals surface area (Å²) in [5, 5.41) is 8.86. The minimum atomic E-state index is -0.905. The standard InChI is InChI=1S/C16H15Br2NO4/c1-8(2)10-6-14(19-7-13(10)20)23-16-11(17)3-9(4-12(16)18)5-15(21)22/h3-4,6,8H,5,7H2,1-2H3,(H,21,22). The molecule has 0 bridgehead atoms. The van der Waals surface area contributed by atoms with Crippen LogP contribution < -0.4 is 4.74 Å². The second kappa shape index (κ2) is 7.40. The highest BCUT2D eigenvalue weighted by molar-refractivity contribution is 9.11. The summed E-state index contributed by atoms with van der Waals surface area (Å²) in [5.74, 6) is 0.0492. The van der Waals surface area contributed by atoms with Crippen molar-refractivity contribution >= 4 is 49.5 Å². The molecular weight excluding hydrogens is 430 g/mol. The van der Waals surface area contributed by atoms with Gasteiger partial charge in [0.1, 0.15) is 6.54 Å². The van der Waals surface area contributed by atoms with Gasteiger partial charge in [-0.2, -0.15) is 0 Å². The van der Waals surface area contributed by atoms with Crippen LogP contribution in [0.5, 0.6) is 5.75 Å². The van der Waals surface area contributed by atoms with Gasteiger partial charge in [0, 0.05) is 11.6 Å². The molecule has 1 aliphatic rings. The average Bonchev–Trinajstić information content (AvgIpc) is 2.43. The van der Waals surface area contributed by atoms with Gasteiger partial charge in [-0.05, 0) is 55.5 Å². The lowest BCUT2D eigenvalue weighted by atomic mass is 9.97. The molecule has 0 atom stereocenters. The van der Waals surface area contributed by atoms with E-state index >= 15 is 0 Å². The Morgan fingerprint density at radius 2 is 1.96 bits per heavy atom. The van der Waals surface area contributed by atoms with Gasteiger partial charge in [-0.25, -0.2) is 4.99 Å². The number of dihydropyridines is 1.